The highest BCUT2D eigenvalue weighted by atomic mass is 35.5. The molecule has 0 aliphatic carbocycles. The van der Waals surface area contributed by atoms with Gasteiger partial charge in [-0.05, 0) is 31.3 Å². The number of unbranched alkanes of at least 4 members (excludes halogenated alkanes) is 1. The van der Waals surface area contributed by atoms with Crippen molar-refractivity contribution >= 4 is 43.6 Å². The van der Waals surface area contributed by atoms with Gasteiger partial charge in [0.25, 0.3) is 0 Å². The van der Waals surface area contributed by atoms with E-state index in [-0.39, 0.29) is 31.1 Å². The molecule has 1 aromatic carbocycles. The van der Waals surface area contributed by atoms with E-state index >= 15 is 0 Å². The molecule has 1 aromatic rings. The van der Waals surface area contributed by atoms with Crippen LogP contribution >= 0.6 is 24.8 Å². The van der Waals surface area contributed by atoms with Crippen molar-refractivity contribution in [2.75, 3.05) is 44.7 Å². The number of carbonyl (C=O) groups is 1. The summed E-state index contributed by atoms with van der Waals surface area (Å²) in [5, 5.41) is 27.3. The predicted octanol–water partition coefficient (Wildman–Crippen LogP) is 1.48. The standard InChI is InChI=1S/C19H32BN3O5.2ClH/c1-28-17-7-3-2-6-16(17)23-14-12-22(13-15-23)11-9-19(21,18(24)25)8-4-5-10-20(26)27;;/h2-3,6-7,26-27H,4-5,8-15,21H2,1H3,(H,24,25);2*1H. The first-order valence-corrected chi connectivity index (χ1v) is 9.84. The molecule has 172 valence electrons. The van der Waals surface area contributed by atoms with Gasteiger partial charge in [-0.2, -0.15) is 0 Å². The molecule has 0 amide bonds. The minimum atomic E-state index is -1.35. The Kier molecular flexibility index (Phi) is 13.4. The van der Waals surface area contributed by atoms with Gasteiger partial charge in [0.15, 0.2) is 0 Å². The largest absolute Gasteiger partial charge is 0.495 e. The highest BCUT2D eigenvalue weighted by Gasteiger charge is 2.34. The molecule has 8 nitrogen and oxygen atoms in total. The number of aliphatic carboxylic acids is 1. The second-order valence-corrected chi connectivity index (χ2v) is 7.44. The van der Waals surface area contributed by atoms with Gasteiger partial charge in [0, 0.05) is 32.7 Å². The van der Waals surface area contributed by atoms with Gasteiger partial charge in [-0.25, -0.2) is 0 Å². The number of nitrogens with two attached hydrogens (primary N) is 1. The van der Waals surface area contributed by atoms with Crippen molar-refractivity contribution in [1.29, 1.82) is 0 Å². The third-order valence-corrected chi connectivity index (χ3v) is 5.43. The lowest BCUT2D eigenvalue weighted by Gasteiger charge is -2.37. The van der Waals surface area contributed by atoms with Gasteiger partial charge in [0.1, 0.15) is 11.3 Å². The number of ether oxygens (including phenoxy) is 1. The van der Waals surface area contributed by atoms with Crippen molar-refractivity contribution in [2.45, 2.75) is 37.5 Å². The molecule has 1 aliphatic heterocycles. The van der Waals surface area contributed by atoms with Gasteiger partial charge in [-0.3, -0.25) is 9.69 Å². The monoisotopic (exact) mass is 465 g/mol. The van der Waals surface area contributed by atoms with Crippen LogP contribution in [0.3, 0.4) is 0 Å². The van der Waals surface area contributed by atoms with Crippen LogP contribution in [0.4, 0.5) is 5.69 Å². The Hall–Kier alpha value is -1.23. The fourth-order valence-corrected chi connectivity index (χ4v) is 3.57. The molecule has 2 rings (SSSR count). The average Bonchev–Trinajstić information content (AvgIpc) is 2.70. The number of halogens is 2. The molecule has 5 N–H and O–H groups in total. The van der Waals surface area contributed by atoms with Gasteiger partial charge in [0.2, 0.25) is 0 Å². The molecule has 11 heteroatoms. The van der Waals surface area contributed by atoms with Gasteiger partial charge in [0.05, 0.1) is 12.8 Å². The molecule has 0 radical (unpaired) electrons. The second-order valence-electron chi connectivity index (χ2n) is 7.44. The molecule has 1 atom stereocenters. The molecule has 1 unspecified atom stereocenters. The lowest BCUT2D eigenvalue weighted by Crippen LogP contribution is -2.52. The second kappa shape index (κ2) is 14.0. The summed E-state index contributed by atoms with van der Waals surface area (Å²) in [5.41, 5.74) is 5.95. The van der Waals surface area contributed by atoms with Gasteiger partial charge < -0.3 is 30.5 Å². The molecule has 0 spiro atoms. The van der Waals surface area contributed by atoms with Crippen molar-refractivity contribution in [3.63, 3.8) is 0 Å². The molecule has 1 aliphatic rings. The van der Waals surface area contributed by atoms with E-state index in [9.17, 15) is 9.90 Å². The summed E-state index contributed by atoms with van der Waals surface area (Å²) < 4.78 is 5.44. The third-order valence-electron chi connectivity index (χ3n) is 5.43. The molecular weight excluding hydrogens is 432 g/mol. The van der Waals surface area contributed by atoms with E-state index in [0.717, 1.165) is 37.6 Å². The summed E-state index contributed by atoms with van der Waals surface area (Å²) >= 11 is 0. The van der Waals surface area contributed by atoms with Crippen molar-refractivity contribution in [3.8, 4) is 5.75 Å². The number of rotatable bonds is 11. The fraction of sp³-hybridized carbons (Fsp3) is 0.632. The Balaban J connectivity index is 0.00000420. The number of benzene rings is 1. The number of anilines is 1. The van der Waals surface area contributed by atoms with E-state index in [1.165, 1.54) is 0 Å². The lowest BCUT2D eigenvalue weighted by molar-refractivity contribution is -0.144. The smallest absolute Gasteiger partial charge is 0.451 e. The van der Waals surface area contributed by atoms with Gasteiger partial charge >= 0.3 is 13.1 Å². The van der Waals surface area contributed by atoms with Gasteiger partial charge in [-0.1, -0.05) is 25.0 Å². The Morgan fingerprint density at radius 2 is 1.77 bits per heavy atom. The number of carboxylic acids is 1. The van der Waals surface area contributed by atoms with E-state index < -0.39 is 18.6 Å². The summed E-state index contributed by atoms with van der Waals surface area (Å²) in [6.45, 7) is 4.00. The van der Waals surface area contributed by atoms with Crippen LogP contribution in [0.5, 0.6) is 5.75 Å². The van der Waals surface area contributed by atoms with Crippen LogP contribution in [-0.2, 0) is 4.79 Å². The third kappa shape index (κ3) is 8.49. The number of hydrogen-bond donors (Lipinski definition) is 4. The van der Waals surface area contributed by atoms with Crippen LogP contribution in [0.15, 0.2) is 24.3 Å². The normalized spacial score (nSPS) is 16.1. The number of para-hydroxylation sites is 2. The van der Waals surface area contributed by atoms with E-state index in [4.69, 9.17) is 20.5 Å². The lowest BCUT2D eigenvalue weighted by atomic mass is 9.81. The van der Waals surface area contributed by atoms with E-state index in [2.05, 4.69) is 9.80 Å². The number of carboxylic acid groups (broad SMARTS) is 1. The van der Waals surface area contributed by atoms with Crippen LogP contribution < -0.4 is 15.4 Å². The summed E-state index contributed by atoms with van der Waals surface area (Å²) in [4.78, 5) is 16.2. The number of methoxy groups -OCH3 is 1. The minimum absolute atomic E-state index is 0. The average molecular weight is 466 g/mol. The highest BCUT2D eigenvalue weighted by molar-refractivity contribution is 6.40. The molecule has 1 saturated heterocycles. The maximum Gasteiger partial charge on any atom is 0.451 e. The van der Waals surface area contributed by atoms with Crippen molar-refractivity contribution in [2.24, 2.45) is 5.73 Å². The van der Waals surface area contributed by atoms with Crippen LogP contribution in [0.25, 0.3) is 0 Å². The first-order chi connectivity index (χ1) is 13.4. The molecule has 30 heavy (non-hydrogen) atoms. The van der Waals surface area contributed by atoms with Crippen LogP contribution in [0.1, 0.15) is 25.7 Å². The van der Waals surface area contributed by atoms with E-state index in [0.29, 0.717) is 32.2 Å². The number of hydrogen-bond acceptors (Lipinski definition) is 7. The van der Waals surface area contributed by atoms with Crippen LogP contribution in [0.2, 0.25) is 6.32 Å². The van der Waals surface area contributed by atoms with Crippen molar-refractivity contribution < 1.29 is 24.7 Å². The van der Waals surface area contributed by atoms with Crippen molar-refractivity contribution in [1.82, 2.24) is 4.90 Å². The first kappa shape index (κ1) is 28.8. The van der Waals surface area contributed by atoms with Crippen LogP contribution in [0, 0.1) is 0 Å². The van der Waals surface area contributed by atoms with Crippen molar-refractivity contribution in [3.05, 3.63) is 24.3 Å². The Bertz CT molecular complexity index is 636. The minimum Gasteiger partial charge on any atom is -0.495 e. The molecule has 1 fully saturated rings. The van der Waals surface area contributed by atoms with E-state index in [1.54, 1.807) is 7.11 Å². The first-order valence-electron chi connectivity index (χ1n) is 9.84. The Labute approximate surface area is 191 Å². The molecule has 0 aromatic heterocycles. The quantitative estimate of drug-likeness (QED) is 0.286. The predicted molar refractivity (Wildman–Crippen MR) is 124 cm³/mol. The maximum atomic E-state index is 11.7. The highest BCUT2D eigenvalue weighted by Crippen LogP contribution is 2.28. The maximum absolute atomic E-state index is 11.7. The Morgan fingerprint density at radius 3 is 2.33 bits per heavy atom. The zero-order valence-corrected chi connectivity index (χ0v) is 19.0. The molecule has 0 saturated carbocycles. The fourth-order valence-electron chi connectivity index (χ4n) is 3.57. The topological polar surface area (TPSA) is 119 Å². The molecule has 0 bridgehead atoms. The van der Waals surface area contributed by atoms with Crippen LogP contribution in [-0.4, -0.2) is 78.5 Å². The van der Waals surface area contributed by atoms with E-state index in [1.807, 2.05) is 24.3 Å². The summed E-state index contributed by atoms with van der Waals surface area (Å²) in [7, 11) is 0.319. The zero-order valence-electron chi connectivity index (χ0n) is 17.4. The zero-order chi connectivity index (χ0) is 20.6. The summed E-state index contributed by atoms with van der Waals surface area (Å²) in [6, 6.07) is 7.95. The molecular formula is C19H34BCl2N3O5. The van der Waals surface area contributed by atoms with Gasteiger partial charge in [-0.15, -0.1) is 24.8 Å². The SMILES string of the molecule is COc1ccccc1N1CCN(CCC(N)(CCCCB(O)O)C(=O)O)CC1.Cl.Cl. The summed E-state index contributed by atoms with van der Waals surface area (Å²) in [6.07, 6.45) is 2.04. The molecule has 1 heterocycles. The summed E-state index contributed by atoms with van der Waals surface area (Å²) in [5.74, 6) is -0.138. The Morgan fingerprint density at radius 1 is 1.13 bits per heavy atom. The number of nitrogens with zero attached hydrogens (tertiary/aromatic N) is 2. The number of piperazine rings is 1.